The van der Waals surface area contributed by atoms with Gasteiger partial charge in [0.2, 0.25) is 0 Å². The van der Waals surface area contributed by atoms with Crippen LogP contribution in [0.3, 0.4) is 0 Å². The number of nitrogens with zero attached hydrogens (tertiary/aromatic N) is 3. The highest BCUT2D eigenvalue weighted by atomic mass is 32.1. The van der Waals surface area contributed by atoms with Crippen LogP contribution >= 0.6 is 11.3 Å². The molecule has 1 aliphatic rings. The van der Waals surface area contributed by atoms with E-state index >= 15 is 0 Å². The molecule has 2 aromatic rings. The fourth-order valence-electron chi connectivity index (χ4n) is 2.09. The first-order chi connectivity index (χ1) is 8.38. The minimum atomic E-state index is 0.555. The van der Waals surface area contributed by atoms with E-state index in [0.29, 0.717) is 5.84 Å². The summed E-state index contributed by atoms with van der Waals surface area (Å²) >= 11 is 1.80. The molecule has 2 aromatic heterocycles. The summed E-state index contributed by atoms with van der Waals surface area (Å²) in [6, 6.07) is 2.13. The number of aromatic amines is 1. The average Bonchev–Trinajstić information content (AvgIpc) is 2.99. The van der Waals surface area contributed by atoms with E-state index in [1.54, 1.807) is 23.9 Å². The maximum absolute atomic E-state index is 9.15. The lowest BCUT2D eigenvalue weighted by Crippen LogP contribution is -2.36. The molecule has 5 nitrogen and oxygen atoms in total. The third-order valence-electron chi connectivity index (χ3n) is 2.94. The van der Waals surface area contributed by atoms with E-state index in [9.17, 15) is 0 Å². The summed E-state index contributed by atoms with van der Waals surface area (Å²) in [6.07, 6.45) is 4.25. The lowest BCUT2D eigenvalue weighted by molar-refractivity contribution is 0.296. The molecule has 0 bridgehead atoms. The van der Waals surface area contributed by atoms with Crippen LogP contribution in [-0.2, 0) is 13.0 Å². The van der Waals surface area contributed by atoms with Crippen molar-refractivity contribution in [2.45, 2.75) is 13.0 Å². The number of oxime groups is 1. The Labute approximate surface area is 102 Å². The van der Waals surface area contributed by atoms with Crippen LogP contribution in [0.4, 0.5) is 0 Å². The van der Waals surface area contributed by atoms with Gasteiger partial charge in [-0.05, 0) is 23.4 Å². The third kappa shape index (κ3) is 1.80. The SMILES string of the molecule is O/N=C(/c1cnc[nH]1)N1CCc2sccc2C1. The minimum absolute atomic E-state index is 0.555. The molecule has 6 heteroatoms. The average molecular weight is 248 g/mol. The molecular weight excluding hydrogens is 236 g/mol. The maximum atomic E-state index is 9.15. The Morgan fingerprint density at radius 1 is 1.59 bits per heavy atom. The molecule has 3 rings (SSSR count). The number of rotatable bonds is 1. The van der Waals surface area contributed by atoms with E-state index in [2.05, 4.69) is 31.5 Å². The van der Waals surface area contributed by atoms with E-state index in [4.69, 9.17) is 5.21 Å². The summed E-state index contributed by atoms with van der Waals surface area (Å²) in [4.78, 5) is 10.4. The Bertz CT molecular complexity index is 531. The number of H-pyrrole nitrogens is 1. The Kier molecular flexibility index (Phi) is 2.56. The standard InChI is InChI=1S/C11H12N4OS/c16-14-11(9-5-12-7-13-9)15-3-1-10-8(6-15)2-4-17-10/h2,4-5,7,16H,1,3,6H2,(H,12,13)/b14-11-. The van der Waals surface area contributed by atoms with Gasteiger partial charge in [-0.25, -0.2) is 4.98 Å². The highest BCUT2D eigenvalue weighted by Gasteiger charge is 2.22. The second kappa shape index (κ2) is 4.21. The normalized spacial score (nSPS) is 16.0. The van der Waals surface area contributed by atoms with Gasteiger partial charge in [-0.15, -0.1) is 11.3 Å². The quantitative estimate of drug-likeness (QED) is 0.349. The van der Waals surface area contributed by atoms with Crippen LogP contribution in [0.15, 0.2) is 29.1 Å². The van der Waals surface area contributed by atoms with Crippen LogP contribution in [0.25, 0.3) is 0 Å². The second-order valence-corrected chi connectivity index (χ2v) is 4.93. The van der Waals surface area contributed by atoms with E-state index in [0.717, 1.165) is 25.2 Å². The van der Waals surface area contributed by atoms with Crippen LogP contribution in [0.1, 0.15) is 16.1 Å². The third-order valence-corrected chi connectivity index (χ3v) is 3.96. The van der Waals surface area contributed by atoms with Gasteiger partial charge in [0.25, 0.3) is 0 Å². The van der Waals surface area contributed by atoms with E-state index in [1.807, 2.05) is 0 Å². The molecule has 0 spiro atoms. The summed E-state index contributed by atoms with van der Waals surface area (Å²) in [5.41, 5.74) is 2.06. The summed E-state index contributed by atoms with van der Waals surface area (Å²) in [5.74, 6) is 0.555. The molecule has 0 atom stereocenters. The summed E-state index contributed by atoms with van der Waals surface area (Å²) in [7, 11) is 0. The fourth-order valence-corrected chi connectivity index (χ4v) is 2.98. The monoisotopic (exact) mass is 248 g/mol. The predicted molar refractivity (Wildman–Crippen MR) is 65.3 cm³/mol. The molecule has 0 saturated carbocycles. The lowest BCUT2D eigenvalue weighted by atomic mass is 10.1. The van der Waals surface area contributed by atoms with Gasteiger partial charge in [0.05, 0.1) is 12.5 Å². The summed E-state index contributed by atoms with van der Waals surface area (Å²) in [6.45, 7) is 1.66. The zero-order chi connectivity index (χ0) is 11.7. The highest BCUT2D eigenvalue weighted by molar-refractivity contribution is 7.10. The first-order valence-corrected chi connectivity index (χ1v) is 6.27. The topological polar surface area (TPSA) is 64.5 Å². The van der Waals surface area contributed by atoms with Crippen molar-refractivity contribution in [3.63, 3.8) is 0 Å². The molecule has 1 aliphatic heterocycles. The van der Waals surface area contributed by atoms with Crippen molar-refractivity contribution in [3.8, 4) is 0 Å². The number of hydrogen-bond acceptors (Lipinski definition) is 4. The molecule has 0 amide bonds. The van der Waals surface area contributed by atoms with Crippen molar-refractivity contribution < 1.29 is 5.21 Å². The summed E-state index contributed by atoms with van der Waals surface area (Å²) < 4.78 is 0. The molecule has 0 aromatic carbocycles. The van der Waals surface area contributed by atoms with Gasteiger partial charge in [-0.3, -0.25) is 0 Å². The smallest absolute Gasteiger partial charge is 0.193 e. The van der Waals surface area contributed by atoms with Gasteiger partial charge in [0, 0.05) is 18.0 Å². The number of fused-ring (bicyclic) bond motifs is 1. The second-order valence-electron chi connectivity index (χ2n) is 3.93. The van der Waals surface area contributed by atoms with Crippen LogP contribution < -0.4 is 0 Å². The zero-order valence-electron chi connectivity index (χ0n) is 9.13. The number of thiophene rings is 1. The number of aromatic nitrogens is 2. The number of nitrogens with one attached hydrogen (secondary N) is 1. The molecule has 0 aliphatic carbocycles. The zero-order valence-corrected chi connectivity index (χ0v) is 9.94. The molecule has 0 fully saturated rings. The number of imidazole rings is 1. The van der Waals surface area contributed by atoms with Gasteiger partial charge in [0.1, 0.15) is 5.69 Å². The Balaban J connectivity index is 1.87. The van der Waals surface area contributed by atoms with Gasteiger partial charge in [-0.2, -0.15) is 0 Å². The molecule has 0 radical (unpaired) electrons. The maximum Gasteiger partial charge on any atom is 0.193 e. The van der Waals surface area contributed by atoms with E-state index in [-0.39, 0.29) is 0 Å². The first-order valence-electron chi connectivity index (χ1n) is 5.39. The molecule has 2 N–H and O–H groups in total. The number of hydrogen-bond donors (Lipinski definition) is 2. The van der Waals surface area contributed by atoms with Crippen LogP contribution in [0.5, 0.6) is 0 Å². The summed E-state index contributed by atoms with van der Waals surface area (Å²) in [5, 5.41) is 14.6. The van der Waals surface area contributed by atoms with Crippen molar-refractivity contribution in [2.75, 3.05) is 6.54 Å². The molecule has 17 heavy (non-hydrogen) atoms. The molecule has 88 valence electrons. The van der Waals surface area contributed by atoms with Gasteiger partial charge < -0.3 is 15.1 Å². The predicted octanol–water partition coefficient (Wildman–Crippen LogP) is 1.67. The molecular formula is C11H12N4OS. The Morgan fingerprint density at radius 2 is 2.53 bits per heavy atom. The first kappa shape index (κ1) is 10.3. The van der Waals surface area contributed by atoms with Crippen LogP contribution in [0, 0.1) is 0 Å². The Morgan fingerprint density at radius 3 is 3.29 bits per heavy atom. The lowest BCUT2D eigenvalue weighted by Gasteiger charge is -2.28. The highest BCUT2D eigenvalue weighted by Crippen LogP contribution is 2.24. The fraction of sp³-hybridized carbons (Fsp3) is 0.273. The van der Waals surface area contributed by atoms with Crippen molar-refractivity contribution >= 4 is 17.2 Å². The van der Waals surface area contributed by atoms with Crippen molar-refractivity contribution in [2.24, 2.45) is 5.16 Å². The van der Waals surface area contributed by atoms with Crippen molar-refractivity contribution in [1.82, 2.24) is 14.9 Å². The molecule has 3 heterocycles. The molecule has 0 saturated heterocycles. The van der Waals surface area contributed by atoms with Crippen molar-refractivity contribution in [3.05, 3.63) is 40.1 Å². The van der Waals surface area contributed by atoms with Crippen LogP contribution in [0.2, 0.25) is 0 Å². The van der Waals surface area contributed by atoms with Gasteiger partial charge in [-0.1, -0.05) is 5.16 Å². The van der Waals surface area contributed by atoms with E-state index < -0.39 is 0 Å². The largest absolute Gasteiger partial charge is 0.409 e. The number of amidine groups is 1. The van der Waals surface area contributed by atoms with Crippen LogP contribution in [-0.4, -0.2) is 32.5 Å². The minimum Gasteiger partial charge on any atom is -0.409 e. The van der Waals surface area contributed by atoms with E-state index in [1.165, 1.54) is 10.4 Å². The van der Waals surface area contributed by atoms with Gasteiger partial charge >= 0.3 is 0 Å². The Hall–Kier alpha value is -1.82. The molecule has 0 unspecified atom stereocenters. The van der Waals surface area contributed by atoms with Crippen molar-refractivity contribution in [1.29, 1.82) is 0 Å². The van der Waals surface area contributed by atoms with Gasteiger partial charge in [0.15, 0.2) is 5.84 Å².